The molecule has 16 heavy (non-hydrogen) atoms. The summed E-state index contributed by atoms with van der Waals surface area (Å²) in [6.45, 7) is 4.42. The maximum atomic E-state index is 3.61. The molecule has 84 valence electrons. The molecule has 0 bridgehead atoms. The van der Waals surface area contributed by atoms with Gasteiger partial charge in [0.25, 0.3) is 0 Å². The van der Waals surface area contributed by atoms with Crippen molar-refractivity contribution in [1.29, 1.82) is 0 Å². The van der Waals surface area contributed by atoms with E-state index in [0.29, 0.717) is 12.1 Å². The van der Waals surface area contributed by atoms with Gasteiger partial charge in [-0.05, 0) is 30.9 Å². The van der Waals surface area contributed by atoms with Crippen molar-refractivity contribution in [2.45, 2.75) is 25.9 Å². The minimum absolute atomic E-state index is 0.387. The van der Waals surface area contributed by atoms with Gasteiger partial charge in [-0.1, -0.05) is 36.4 Å². The predicted octanol–water partition coefficient (Wildman–Crippen LogP) is 4.16. The normalized spacial score (nSPS) is 14.6. The monoisotopic (exact) mass is 231 g/mol. The third-order valence-corrected chi connectivity index (χ3v) is 3.82. The zero-order valence-electron chi connectivity index (χ0n) is 9.68. The first-order chi connectivity index (χ1) is 7.77. The van der Waals surface area contributed by atoms with Gasteiger partial charge in [0.05, 0.1) is 0 Å². The van der Waals surface area contributed by atoms with Crippen LogP contribution in [0.15, 0.2) is 47.8 Å². The van der Waals surface area contributed by atoms with E-state index in [1.807, 2.05) is 0 Å². The molecule has 0 radical (unpaired) electrons. The van der Waals surface area contributed by atoms with Crippen LogP contribution >= 0.6 is 11.3 Å². The van der Waals surface area contributed by atoms with Crippen molar-refractivity contribution in [3.05, 3.63) is 58.3 Å². The van der Waals surface area contributed by atoms with Gasteiger partial charge < -0.3 is 5.32 Å². The van der Waals surface area contributed by atoms with E-state index in [4.69, 9.17) is 0 Å². The highest BCUT2D eigenvalue weighted by molar-refractivity contribution is 7.10. The second kappa shape index (κ2) is 5.28. The molecule has 0 aliphatic rings. The van der Waals surface area contributed by atoms with Crippen LogP contribution in [0.1, 0.15) is 36.4 Å². The lowest BCUT2D eigenvalue weighted by Gasteiger charge is -2.19. The van der Waals surface area contributed by atoms with Gasteiger partial charge in [0.15, 0.2) is 0 Å². The SMILES string of the molecule is C[C@@H](N[C@H](C)c1cccs1)c1ccccc1. The molecule has 0 spiro atoms. The molecule has 0 saturated heterocycles. The topological polar surface area (TPSA) is 12.0 Å². The van der Waals surface area contributed by atoms with Gasteiger partial charge in [-0.25, -0.2) is 0 Å². The van der Waals surface area contributed by atoms with Gasteiger partial charge in [-0.2, -0.15) is 0 Å². The fraction of sp³-hybridized carbons (Fsp3) is 0.286. The lowest BCUT2D eigenvalue weighted by Crippen LogP contribution is -2.21. The molecule has 1 aromatic heterocycles. The second-order valence-corrected chi connectivity index (χ2v) is 5.02. The molecule has 1 nitrogen and oxygen atoms in total. The maximum absolute atomic E-state index is 3.61. The van der Waals surface area contributed by atoms with Crippen LogP contribution < -0.4 is 5.32 Å². The molecule has 0 amide bonds. The first kappa shape index (κ1) is 11.4. The Kier molecular flexibility index (Phi) is 3.75. The third kappa shape index (κ3) is 2.71. The number of thiophene rings is 1. The van der Waals surface area contributed by atoms with Crippen molar-refractivity contribution >= 4 is 11.3 Å². The maximum Gasteiger partial charge on any atom is 0.0391 e. The Hall–Kier alpha value is -1.12. The molecule has 1 heterocycles. The first-order valence-corrected chi connectivity index (χ1v) is 6.49. The van der Waals surface area contributed by atoms with Crippen molar-refractivity contribution in [3.63, 3.8) is 0 Å². The van der Waals surface area contributed by atoms with E-state index < -0.39 is 0 Å². The lowest BCUT2D eigenvalue weighted by atomic mass is 10.1. The molecule has 2 aromatic rings. The predicted molar refractivity (Wildman–Crippen MR) is 70.7 cm³/mol. The molecule has 0 unspecified atom stereocenters. The standard InChI is InChI=1S/C14H17NS/c1-11(13-7-4-3-5-8-13)15-12(2)14-9-6-10-16-14/h3-12,15H,1-2H3/t11-,12-/m1/s1. The highest BCUT2D eigenvalue weighted by atomic mass is 32.1. The van der Waals surface area contributed by atoms with Gasteiger partial charge in [-0.15, -0.1) is 11.3 Å². The van der Waals surface area contributed by atoms with E-state index in [9.17, 15) is 0 Å². The zero-order valence-corrected chi connectivity index (χ0v) is 10.5. The van der Waals surface area contributed by atoms with Crippen LogP contribution in [0.5, 0.6) is 0 Å². The molecule has 2 atom stereocenters. The highest BCUT2D eigenvalue weighted by Gasteiger charge is 2.10. The molecular formula is C14H17NS. The number of hydrogen-bond acceptors (Lipinski definition) is 2. The van der Waals surface area contributed by atoms with E-state index in [2.05, 4.69) is 67.0 Å². The van der Waals surface area contributed by atoms with Crippen molar-refractivity contribution < 1.29 is 0 Å². The van der Waals surface area contributed by atoms with Crippen LogP contribution in [-0.4, -0.2) is 0 Å². The first-order valence-electron chi connectivity index (χ1n) is 5.62. The quantitative estimate of drug-likeness (QED) is 0.833. The summed E-state index contributed by atoms with van der Waals surface area (Å²) in [5, 5.41) is 5.73. The Labute approximate surface area is 101 Å². The minimum atomic E-state index is 0.387. The van der Waals surface area contributed by atoms with Gasteiger partial charge >= 0.3 is 0 Å². The van der Waals surface area contributed by atoms with Crippen LogP contribution in [0.25, 0.3) is 0 Å². The summed E-state index contributed by atoms with van der Waals surface area (Å²) >= 11 is 1.81. The van der Waals surface area contributed by atoms with E-state index >= 15 is 0 Å². The fourth-order valence-electron chi connectivity index (χ4n) is 1.83. The molecule has 0 fully saturated rings. The zero-order chi connectivity index (χ0) is 11.4. The molecule has 0 saturated carbocycles. The Morgan fingerprint density at radius 2 is 1.69 bits per heavy atom. The van der Waals surface area contributed by atoms with Crippen LogP contribution in [-0.2, 0) is 0 Å². The summed E-state index contributed by atoms with van der Waals surface area (Å²) in [6.07, 6.45) is 0. The molecule has 2 rings (SSSR count). The minimum Gasteiger partial charge on any atom is -0.303 e. The Morgan fingerprint density at radius 1 is 0.938 bits per heavy atom. The van der Waals surface area contributed by atoms with Crippen molar-refractivity contribution in [3.8, 4) is 0 Å². The smallest absolute Gasteiger partial charge is 0.0391 e. The molecule has 1 N–H and O–H groups in total. The summed E-state index contributed by atoms with van der Waals surface area (Å²) < 4.78 is 0. The van der Waals surface area contributed by atoms with Crippen LogP contribution in [0.3, 0.4) is 0 Å². The average molecular weight is 231 g/mol. The fourth-order valence-corrected chi connectivity index (χ4v) is 2.58. The molecule has 0 aliphatic heterocycles. The Balaban J connectivity index is 2.00. The summed E-state index contributed by atoms with van der Waals surface area (Å²) in [5.41, 5.74) is 1.34. The van der Waals surface area contributed by atoms with Crippen molar-refractivity contribution in [2.24, 2.45) is 0 Å². The summed E-state index contributed by atoms with van der Waals surface area (Å²) in [6, 6.07) is 15.6. The van der Waals surface area contributed by atoms with E-state index in [-0.39, 0.29) is 0 Å². The Bertz CT molecular complexity index is 408. The summed E-state index contributed by atoms with van der Waals surface area (Å²) in [7, 11) is 0. The third-order valence-electron chi connectivity index (χ3n) is 2.77. The highest BCUT2D eigenvalue weighted by Crippen LogP contribution is 2.22. The number of nitrogens with one attached hydrogen (secondary N) is 1. The number of benzene rings is 1. The molecular weight excluding hydrogens is 214 g/mol. The molecule has 1 aromatic carbocycles. The average Bonchev–Trinajstić information content (AvgIpc) is 2.83. The molecule has 0 aliphatic carbocycles. The van der Waals surface area contributed by atoms with Gasteiger partial charge in [0.2, 0.25) is 0 Å². The van der Waals surface area contributed by atoms with Gasteiger partial charge in [0.1, 0.15) is 0 Å². The van der Waals surface area contributed by atoms with E-state index in [0.717, 1.165) is 0 Å². The van der Waals surface area contributed by atoms with Crippen LogP contribution in [0.4, 0.5) is 0 Å². The summed E-state index contributed by atoms with van der Waals surface area (Å²) in [4.78, 5) is 1.39. The summed E-state index contributed by atoms with van der Waals surface area (Å²) in [5.74, 6) is 0. The van der Waals surface area contributed by atoms with Crippen LogP contribution in [0, 0.1) is 0 Å². The Morgan fingerprint density at radius 3 is 2.31 bits per heavy atom. The largest absolute Gasteiger partial charge is 0.303 e. The van der Waals surface area contributed by atoms with E-state index in [1.54, 1.807) is 11.3 Å². The van der Waals surface area contributed by atoms with Crippen LogP contribution in [0.2, 0.25) is 0 Å². The molecule has 2 heteroatoms. The number of rotatable bonds is 4. The van der Waals surface area contributed by atoms with Crippen molar-refractivity contribution in [2.75, 3.05) is 0 Å². The van der Waals surface area contributed by atoms with Gasteiger partial charge in [0, 0.05) is 17.0 Å². The second-order valence-electron chi connectivity index (χ2n) is 4.04. The van der Waals surface area contributed by atoms with Gasteiger partial charge in [-0.3, -0.25) is 0 Å². The number of hydrogen-bond donors (Lipinski definition) is 1. The van der Waals surface area contributed by atoms with Crippen molar-refractivity contribution in [1.82, 2.24) is 5.32 Å². The lowest BCUT2D eigenvalue weighted by molar-refractivity contribution is 0.500. The van der Waals surface area contributed by atoms with E-state index in [1.165, 1.54) is 10.4 Å².